The number of aliphatic hydroxyl groups is 1. The van der Waals surface area contributed by atoms with Crippen molar-refractivity contribution in [3.05, 3.63) is 0 Å². The van der Waals surface area contributed by atoms with Crippen LogP contribution in [0.4, 0.5) is 0 Å². The van der Waals surface area contributed by atoms with E-state index in [1.54, 1.807) is 0 Å². The molecule has 3 N–H and O–H groups in total. The van der Waals surface area contributed by atoms with Crippen molar-refractivity contribution in [3.8, 4) is 0 Å². The summed E-state index contributed by atoms with van der Waals surface area (Å²) in [4.78, 5) is 16.9. The number of amidine groups is 1. The molecule has 1 aliphatic carbocycles. The minimum Gasteiger partial charge on any atom is -0.393 e. The van der Waals surface area contributed by atoms with E-state index in [2.05, 4.69) is 10.6 Å². The third-order valence-corrected chi connectivity index (χ3v) is 4.51. The maximum Gasteiger partial charge on any atom is 0.253 e. The third kappa shape index (κ3) is 2.06. The summed E-state index contributed by atoms with van der Waals surface area (Å²) < 4.78 is 0. The first-order chi connectivity index (χ1) is 8.70. The van der Waals surface area contributed by atoms with Crippen molar-refractivity contribution in [2.75, 3.05) is 13.1 Å². The van der Waals surface area contributed by atoms with Gasteiger partial charge in [-0.15, -0.1) is 0 Å². The molecule has 2 heterocycles. The van der Waals surface area contributed by atoms with Gasteiger partial charge < -0.3 is 15.7 Å². The van der Waals surface area contributed by atoms with Gasteiger partial charge in [0.1, 0.15) is 11.4 Å². The van der Waals surface area contributed by atoms with E-state index in [0.717, 1.165) is 57.5 Å². The lowest BCUT2D eigenvalue weighted by Crippen LogP contribution is -2.47. The quantitative estimate of drug-likeness (QED) is 0.623. The van der Waals surface area contributed by atoms with Crippen LogP contribution in [-0.2, 0) is 4.79 Å². The molecule has 3 rings (SSSR count). The summed E-state index contributed by atoms with van der Waals surface area (Å²) >= 11 is 0. The maximum absolute atomic E-state index is 12.2. The Morgan fingerprint density at radius 2 is 1.83 bits per heavy atom. The molecule has 100 valence electrons. The summed E-state index contributed by atoms with van der Waals surface area (Å²) in [6.45, 7) is 1.74. The van der Waals surface area contributed by atoms with Gasteiger partial charge in [-0.3, -0.25) is 9.79 Å². The number of carbonyl (C=O) groups is 1. The van der Waals surface area contributed by atoms with Gasteiger partial charge in [-0.2, -0.15) is 0 Å². The van der Waals surface area contributed by atoms with Crippen LogP contribution in [-0.4, -0.2) is 41.6 Å². The fraction of sp³-hybridized carbons (Fsp3) is 0.846. The lowest BCUT2D eigenvalue weighted by Gasteiger charge is -2.28. The average Bonchev–Trinajstić information content (AvgIpc) is 2.69. The van der Waals surface area contributed by atoms with Gasteiger partial charge in [0.2, 0.25) is 0 Å². The molecule has 0 aromatic carbocycles. The minimum atomic E-state index is -0.489. The fourth-order valence-electron chi connectivity index (χ4n) is 3.26. The Balaban J connectivity index is 1.74. The maximum atomic E-state index is 12.2. The average molecular weight is 251 g/mol. The normalized spacial score (nSPS) is 35.4. The van der Waals surface area contributed by atoms with Crippen LogP contribution in [0.3, 0.4) is 0 Å². The van der Waals surface area contributed by atoms with Crippen LogP contribution >= 0.6 is 0 Å². The van der Waals surface area contributed by atoms with Gasteiger partial charge in [0, 0.05) is 5.92 Å². The van der Waals surface area contributed by atoms with Gasteiger partial charge in [-0.1, -0.05) is 0 Å². The van der Waals surface area contributed by atoms with Crippen LogP contribution in [0, 0.1) is 5.92 Å². The molecule has 0 aromatic heterocycles. The van der Waals surface area contributed by atoms with Crippen LogP contribution in [0.15, 0.2) is 4.99 Å². The van der Waals surface area contributed by atoms with E-state index >= 15 is 0 Å². The van der Waals surface area contributed by atoms with E-state index in [0.29, 0.717) is 5.92 Å². The Morgan fingerprint density at radius 1 is 1.17 bits per heavy atom. The standard InChI is InChI=1S/C13H21N3O2/c17-10-3-1-9(2-4-10)11-15-12(18)13(16-11)5-7-14-8-6-13/h9-10,14,17H,1-8H2,(H,15,16,18). The van der Waals surface area contributed by atoms with E-state index < -0.39 is 5.54 Å². The molecule has 0 bridgehead atoms. The molecule has 0 aromatic rings. The van der Waals surface area contributed by atoms with E-state index in [1.165, 1.54) is 0 Å². The van der Waals surface area contributed by atoms with Crippen molar-refractivity contribution < 1.29 is 9.90 Å². The van der Waals surface area contributed by atoms with E-state index in [-0.39, 0.29) is 12.0 Å². The molecular weight excluding hydrogens is 230 g/mol. The van der Waals surface area contributed by atoms with Gasteiger partial charge in [0.25, 0.3) is 5.91 Å². The van der Waals surface area contributed by atoms with E-state index in [9.17, 15) is 9.90 Å². The molecule has 18 heavy (non-hydrogen) atoms. The molecule has 1 saturated heterocycles. The molecule has 1 spiro atoms. The number of carbonyl (C=O) groups excluding carboxylic acids is 1. The van der Waals surface area contributed by atoms with Gasteiger partial charge >= 0.3 is 0 Å². The highest BCUT2D eigenvalue weighted by Crippen LogP contribution is 2.32. The van der Waals surface area contributed by atoms with Crippen LogP contribution in [0.5, 0.6) is 0 Å². The molecule has 0 radical (unpaired) electrons. The Morgan fingerprint density at radius 3 is 2.50 bits per heavy atom. The largest absolute Gasteiger partial charge is 0.393 e. The Kier molecular flexibility index (Phi) is 3.11. The summed E-state index contributed by atoms with van der Waals surface area (Å²) in [7, 11) is 0. The van der Waals surface area contributed by atoms with E-state index in [4.69, 9.17) is 4.99 Å². The summed E-state index contributed by atoms with van der Waals surface area (Å²) in [5, 5.41) is 15.8. The van der Waals surface area contributed by atoms with Gasteiger partial charge in [-0.05, 0) is 51.6 Å². The number of rotatable bonds is 1. The first-order valence-corrected chi connectivity index (χ1v) is 7.00. The Labute approximate surface area is 107 Å². The SMILES string of the molecule is O=C1NC(C2CCC(O)CC2)=NC12CCNCC2. The molecule has 1 saturated carbocycles. The number of nitrogens with one attached hydrogen (secondary N) is 2. The third-order valence-electron chi connectivity index (χ3n) is 4.51. The van der Waals surface area contributed by atoms with Crippen LogP contribution < -0.4 is 10.6 Å². The van der Waals surface area contributed by atoms with Gasteiger partial charge in [0.05, 0.1) is 6.10 Å². The molecule has 5 nitrogen and oxygen atoms in total. The Bertz CT molecular complexity index is 366. The zero-order chi connectivity index (χ0) is 12.6. The highest BCUT2D eigenvalue weighted by atomic mass is 16.3. The topological polar surface area (TPSA) is 73.7 Å². The zero-order valence-electron chi connectivity index (χ0n) is 10.6. The smallest absolute Gasteiger partial charge is 0.253 e. The molecular formula is C13H21N3O2. The molecule has 2 fully saturated rings. The van der Waals surface area contributed by atoms with Crippen LogP contribution in [0.2, 0.25) is 0 Å². The van der Waals surface area contributed by atoms with Gasteiger partial charge in [0.15, 0.2) is 0 Å². The highest BCUT2D eigenvalue weighted by Gasteiger charge is 2.45. The minimum absolute atomic E-state index is 0.0881. The number of piperidine rings is 1. The second-order valence-electron chi connectivity index (χ2n) is 5.74. The predicted octanol–water partition coefficient (Wildman–Crippen LogP) is 0.188. The van der Waals surface area contributed by atoms with Crippen LogP contribution in [0.25, 0.3) is 0 Å². The molecule has 5 heteroatoms. The van der Waals surface area contributed by atoms with Crippen molar-refractivity contribution in [3.63, 3.8) is 0 Å². The van der Waals surface area contributed by atoms with Crippen molar-refractivity contribution in [2.24, 2.45) is 10.9 Å². The van der Waals surface area contributed by atoms with Gasteiger partial charge in [-0.25, -0.2) is 0 Å². The van der Waals surface area contributed by atoms with Crippen molar-refractivity contribution in [1.29, 1.82) is 0 Å². The van der Waals surface area contributed by atoms with Crippen molar-refractivity contribution in [2.45, 2.75) is 50.2 Å². The lowest BCUT2D eigenvalue weighted by molar-refractivity contribution is -0.124. The van der Waals surface area contributed by atoms with E-state index in [1.807, 2.05) is 0 Å². The first-order valence-electron chi connectivity index (χ1n) is 7.00. The molecule has 2 aliphatic heterocycles. The van der Waals surface area contributed by atoms with Crippen molar-refractivity contribution in [1.82, 2.24) is 10.6 Å². The van der Waals surface area contributed by atoms with Crippen molar-refractivity contribution >= 4 is 11.7 Å². The highest BCUT2D eigenvalue weighted by molar-refractivity contribution is 6.09. The van der Waals surface area contributed by atoms with Crippen LogP contribution in [0.1, 0.15) is 38.5 Å². The number of hydrogen-bond acceptors (Lipinski definition) is 4. The monoisotopic (exact) mass is 251 g/mol. The predicted molar refractivity (Wildman–Crippen MR) is 68.4 cm³/mol. The molecule has 3 aliphatic rings. The number of aliphatic hydroxyl groups excluding tert-OH is 1. The summed E-state index contributed by atoms with van der Waals surface area (Å²) in [5.41, 5.74) is -0.489. The first kappa shape index (κ1) is 12.1. The molecule has 0 atom stereocenters. The fourth-order valence-corrected chi connectivity index (χ4v) is 3.26. The second-order valence-corrected chi connectivity index (χ2v) is 5.74. The summed E-state index contributed by atoms with van der Waals surface area (Å²) in [6, 6.07) is 0. The number of hydrogen-bond donors (Lipinski definition) is 3. The summed E-state index contributed by atoms with van der Waals surface area (Å²) in [6.07, 6.45) is 4.98. The Hall–Kier alpha value is -0.940. The molecule has 1 amide bonds. The molecule has 0 unspecified atom stereocenters. The number of amides is 1. The lowest BCUT2D eigenvalue weighted by atomic mass is 9.86. The number of nitrogens with zero attached hydrogens (tertiary/aromatic N) is 1. The second kappa shape index (κ2) is 4.63. The number of aliphatic imine (C=N–C) groups is 1. The summed E-state index contributed by atoms with van der Waals surface area (Å²) in [5.74, 6) is 1.31. The zero-order valence-corrected chi connectivity index (χ0v) is 10.6.